The van der Waals surface area contributed by atoms with E-state index in [2.05, 4.69) is 10.3 Å². The first-order chi connectivity index (χ1) is 10.8. The van der Waals surface area contributed by atoms with Gasteiger partial charge in [-0.1, -0.05) is 23.4 Å². The Bertz CT molecular complexity index is 850. The second-order valence-electron chi connectivity index (χ2n) is 5.46. The molecule has 124 valence electrons. The summed E-state index contributed by atoms with van der Waals surface area (Å²) in [5.41, 5.74) is 0.819. The molecule has 1 saturated heterocycles. The van der Waals surface area contributed by atoms with Gasteiger partial charge in [-0.15, -0.1) is 11.3 Å². The van der Waals surface area contributed by atoms with Crippen LogP contribution in [-0.2, 0) is 14.6 Å². The van der Waals surface area contributed by atoms with Crippen molar-refractivity contribution in [3.8, 4) is 0 Å². The van der Waals surface area contributed by atoms with Gasteiger partial charge < -0.3 is 5.32 Å². The van der Waals surface area contributed by atoms with Crippen LogP contribution in [0.1, 0.15) is 13.3 Å². The molecule has 0 radical (unpaired) electrons. The Labute approximate surface area is 147 Å². The van der Waals surface area contributed by atoms with Gasteiger partial charge in [0.15, 0.2) is 14.2 Å². The number of sulfone groups is 1. The first-order valence-electron chi connectivity index (χ1n) is 7.06. The number of benzene rings is 1. The second kappa shape index (κ2) is 6.58. The van der Waals surface area contributed by atoms with Crippen LogP contribution < -0.4 is 5.32 Å². The summed E-state index contributed by atoms with van der Waals surface area (Å²) in [6.07, 6.45) is 0.491. The summed E-state index contributed by atoms with van der Waals surface area (Å²) in [4.78, 5) is 16.7. The van der Waals surface area contributed by atoms with Crippen LogP contribution in [0.2, 0.25) is 5.02 Å². The standard InChI is InChI=1S/C14H15ClN2O3S3/c1-8(13(18)16-10-4-5-23(19,20)7-10)21-14-17-11-6-9(15)2-3-12(11)22-14/h2-3,6,8,10H,4-5,7H2,1H3,(H,16,18)/t8-,10-/m0/s1. The van der Waals surface area contributed by atoms with Crippen molar-refractivity contribution in [1.82, 2.24) is 10.3 Å². The lowest BCUT2D eigenvalue weighted by Crippen LogP contribution is -2.39. The van der Waals surface area contributed by atoms with Crippen molar-refractivity contribution in [2.24, 2.45) is 0 Å². The number of hydrogen-bond acceptors (Lipinski definition) is 6. The Kier molecular flexibility index (Phi) is 4.87. The van der Waals surface area contributed by atoms with Gasteiger partial charge in [0, 0.05) is 11.1 Å². The minimum atomic E-state index is -2.99. The molecule has 1 N–H and O–H groups in total. The Morgan fingerprint density at radius 3 is 3.00 bits per heavy atom. The van der Waals surface area contributed by atoms with E-state index in [1.54, 1.807) is 13.0 Å². The Hall–Kier alpha value is -0.830. The van der Waals surface area contributed by atoms with Crippen molar-refractivity contribution in [2.45, 2.75) is 29.0 Å². The second-order valence-corrected chi connectivity index (χ2v) is 10.7. The highest BCUT2D eigenvalue weighted by Gasteiger charge is 2.30. The zero-order valence-electron chi connectivity index (χ0n) is 12.3. The number of nitrogens with one attached hydrogen (secondary N) is 1. The van der Waals surface area contributed by atoms with E-state index >= 15 is 0 Å². The Balaban J connectivity index is 1.63. The molecule has 1 aromatic carbocycles. The molecule has 5 nitrogen and oxygen atoms in total. The Morgan fingerprint density at radius 1 is 1.52 bits per heavy atom. The third-order valence-electron chi connectivity index (χ3n) is 3.56. The fourth-order valence-electron chi connectivity index (χ4n) is 2.36. The van der Waals surface area contributed by atoms with Crippen LogP contribution >= 0.6 is 34.7 Å². The molecule has 1 aliphatic heterocycles. The molecule has 2 heterocycles. The predicted molar refractivity (Wildman–Crippen MR) is 95.2 cm³/mol. The van der Waals surface area contributed by atoms with Crippen molar-refractivity contribution in [3.05, 3.63) is 23.2 Å². The molecule has 1 amide bonds. The van der Waals surface area contributed by atoms with E-state index in [-0.39, 0.29) is 28.7 Å². The first-order valence-corrected chi connectivity index (χ1v) is 11.0. The van der Waals surface area contributed by atoms with Gasteiger partial charge >= 0.3 is 0 Å². The van der Waals surface area contributed by atoms with Crippen LogP contribution in [0.5, 0.6) is 0 Å². The molecule has 3 rings (SSSR count). The van der Waals surface area contributed by atoms with Crippen molar-refractivity contribution >= 4 is 60.7 Å². The molecule has 0 bridgehead atoms. The molecule has 23 heavy (non-hydrogen) atoms. The summed E-state index contributed by atoms with van der Waals surface area (Å²) in [6.45, 7) is 1.79. The number of nitrogens with zero attached hydrogens (tertiary/aromatic N) is 1. The molecular formula is C14H15ClN2O3S3. The molecule has 1 fully saturated rings. The Morgan fingerprint density at radius 2 is 2.30 bits per heavy atom. The molecule has 1 aromatic heterocycles. The number of carbonyl (C=O) groups excluding carboxylic acids is 1. The van der Waals surface area contributed by atoms with Gasteiger partial charge in [-0.3, -0.25) is 4.79 Å². The van der Waals surface area contributed by atoms with Gasteiger partial charge in [0.05, 0.1) is 27.0 Å². The van der Waals surface area contributed by atoms with Crippen LogP contribution in [0, 0.1) is 0 Å². The summed E-state index contributed by atoms with van der Waals surface area (Å²) < 4.78 is 24.7. The van der Waals surface area contributed by atoms with E-state index < -0.39 is 9.84 Å². The van der Waals surface area contributed by atoms with Crippen molar-refractivity contribution in [3.63, 3.8) is 0 Å². The van der Waals surface area contributed by atoms with E-state index in [1.165, 1.54) is 23.1 Å². The zero-order chi connectivity index (χ0) is 16.6. The number of thiazole rings is 1. The molecule has 2 atom stereocenters. The zero-order valence-corrected chi connectivity index (χ0v) is 15.5. The molecule has 0 unspecified atom stereocenters. The molecule has 9 heteroatoms. The summed E-state index contributed by atoms with van der Waals surface area (Å²) in [5.74, 6) is 0.0304. The largest absolute Gasteiger partial charge is 0.351 e. The molecule has 1 aliphatic rings. The molecule has 0 saturated carbocycles. The molecule has 2 aromatic rings. The number of rotatable bonds is 4. The van der Waals surface area contributed by atoms with Gasteiger partial charge in [0.1, 0.15) is 0 Å². The summed E-state index contributed by atoms with van der Waals surface area (Å²) in [7, 11) is -2.99. The highest BCUT2D eigenvalue weighted by molar-refractivity contribution is 8.02. The SMILES string of the molecule is C[C@H](Sc1nc2cc(Cl)ccc2s1)C(=O)N[C@H]1CCS(=O)(=O)C1. The molecular weight excluding hydrogens is 376 g/mol. The van der Waals surface area contributed by atoms with Crippen molar-refractivity contribution in [1.29, 1.82) is 0 Å². The lowest BCUT2D eigenvalue weighted by molar-refractivity contribution is -0.120. The lowest BCUT2D eigenvalue weighted by Gasteiger charge is -2.14. The van der Waals surface area contributed by atoms with Gasteiger partial charge in [-0.2, -0.15) is 0 Å². The smallest absolute Gasteiger partial charge is 0.233 e. The van der Waals surface area contributed by atoms with E-state index in [0.717, 1.165) is 14.6 Å². The monoisotopic (exact) mass is 390 g/mol. The minimum Gasteiger partial charge on any atom is -0.351 e. The number of amides is 1. The number of fused-ring (bicyclic) bond motifs is 1. The highest BCUT2D eigenvalue weighted by atomic mass is 35.5. The average Bonchev–Trinajstić information content (AvgIpc) is 3.00. The van der Waals surface area contributed by atoms with Gasteiger partial charge in [-0.05, 0) is 31.5 Å². The number of carbonyl (C=O) groups is 1. The summed E-state index contributed by atoms with van der Waals surface area (Å²) in [6, 6.07) is 5.25. The maximum Gasteiger partial charge on any atom is 0.233 e. The highest BCUT2D eigenvalue weighted by Crippen LogP contribution is 2.33. The lowest BCUT2D eigenvalue weighted by atomic mass is 10.2. The van der Waals surface area contributed by atoms with Crippen LogP contribution in [0.25, 0.3) is 10.2 Å². The van der Waals surface area contributed by atoms with Crippen molar-refractivity contribution < 1.29 is 13.2 Å². The van der Waals surface area contributed by atoms with Crippen LogP contribution in [0.4, 0.5) is 0 Å². The number of thioether (sulfide) groups is 1. The maximum absolute atomic E-state index is 12.2. The fraction of sp³-hybridized carbons (Fsp3) is 0.429. The molecule has 0 spiro atoms. The normalized spacial score (nSPS) is 21.4. The van der Waals surface area contributed by atoms with Crippen LogP contribution in [0.3, 0.4) is 0 Å². The van der Waals surface area contributed by atoms with Crippen LogP contribution in [-0.4, -0.2) is 42.1 Å². The average molecular weight is 391 g/mol. The summed E-state index contributed by atoms with van der Waals surface area (Å²) >= 11 is 8.83. The number of halogens is 1. The quantitative estimate of drug-likeness (QED) is 0.812. The predicted octanol–water partition coefficient (Wildman–Crippen LogP) is 2.73. The maximum atomic E-state index is 12.2. The fourth-order valence-corrected chi connectivity index (χ4v) is 6.40. The topological polar surface area (TPSA) is 76.1 Å². The van der Waals surface area contributed by atoms with E-state index in [4.69, 9.17) is 11.6 Å². The summed E-state index contributed by atoms with van der Waals surface area (Å²) in [5, 5.41) is 3.11. The first kappa shape index (κ1) is 17.0. The van der Waals surface area contributed by atoms with Crippen LogP contribution in [0.15, 0.2) is 22.5 Å². The number of aromatic nitrogens is 1. The van der Waals surface area contributed by atoms with Gasteiger partial charge in [0.25, 0.3) is 0 Å². The van der Waals surface area contributed by atoms with Gasteiger partial charge in [0.2, 0.25) is 5.91 Å². The van der Waals surface area contributed by atoms with E-state index in [9.17, 15) is 13.2 Å². The van der Waals surface area contributed by atoms with Gasteiger partial charge in [-0.25, -0.2) is 13.4 Å². The number of hydrogen-bond donors (Lipinski definition) is 1. The van der Waals surface area contributed by atoms with E-state index in [1.807, 2.05) is 12.1 Å². The van der Waals surface area contributed by atoms with E-state index in [0.29, 0.717) is 11.4 Å². The molecule has 0 aliphatic carbocycles. The van der Waals surface area contributed by atoms with Crippen molar-refractivity contribution in [2.75, 3.05) is 11.5 Å². The minimum absolute atomic E-state index is 0.0375. The third kappa shape index (κ3) is 4.17. The third-order valence-corrected chi connectivity index (χ3v) is 7.79.